The number of allylic oxidation sites excluding steroid dienone is 1. The van der Waals surface area contributed by atoms with Gasteiger partial charge in [-0.25, -0.2) is 4.79 Å². The molecule has 4 aromatic rings. The number of carbonyl (C=O) groups excluding carboxylic acids is 4. The van der Waals surface area contributed by atoms with Crippen LogP contribution < -0.4 is 5.32 Å². The summed E-state index contributed by atoms with van der Waals surface area (Å²) in [6, 6.07) is 31.5. The van der Waals surface area contributed by atoms with Crippen LogP contribution in [0.15, 0.2) is 127 Å². The Morgan fingerprint density at radius 1 is 0.903 bits per heavy atom. The van der Waals surface area contributed by atoms with Crippen molar-refractivity contribution in [2.75, 3.05) is 13.2 Å². The smallest absolute Gasteiger partial charge is 0.338 e. The third-order valence-electron chi connectivity index (χ3n) is 11.2. The molecule has 62 heavy (non-hydrogen) atoms. The van der Waals surface area contributed by atoms with E-state index in [1.807, 2.05) is 84.9 Å². The lowest BCUT2D eigenvalue weighted by molar-refractivity contribution is -0.157. The highest BCUT2D eigenvalue weighted by Gasteiger charge is 2.55. The average molecular weight is 843 g/mol. The summed E-state index contributed by atoms with van der Waals surface area (Å²) in [5.41, 5.74) is 3.06. The third-order valence-corrected chi connectivity index (χ3v) is 11.2. The topological polar surface area (TPSA) is 161 Å². The summed E-state index contributed by atoms with van der Waals surface area (Å²) in [6.45, 7) is 5.23. The zero-order valence-electron chi connectivity index (χ0n) is 35.3. The number of phenols is 1. The number of nitrogens with zero attached hydrogens (tertiary/aromatic N) is 1. The molecule has 0 radical (unpaired) electrons. The van der Waals surface area contributed by atoms with Crippen LogP contribution in [0.4, 0.5) is 0 Å². The van der Waals surface area contributed by atoms with Crippen LogP contribution in [0.3, 0.4) is 0 Å². The van der Waals surface area contributed by atoms with Gasteiger partial charge in [0, 0.05) is 36.1 Å². The first-order valence-electron chi connectivity index (χ1n) is 21.2. The van der Waals surface area contributed by atoms with Gasteiger partial charge in [0.1, 0.15) is 35.7 Å². The molecule has 2 heterocycles. The minimum absolute atomic E-state index is 0.00189. The zero-order valence-corrected chi connectivity index (χ0v) is 35.3. The predicted molar refractivity (Wildman–Crippen MR) is 231 cm³/mol. The highest BCUT2D eigenvalue weighted by molar-refractivity contribution is 5.98. The normalized spacial score (nSPS) is 21.2. The number of phenolic OH excluding ortho intramolecular Hbond substituents is 1. The molecule has 3 N–H and O–H groups in total. The maximum Gasteiger partial charge on any atom is 0.338 e. The number of ether oxygens (including phenoxy) is 4. The molecule has 7 rings (SSSR count). The number of hydrogen-bond donors (Lipinski definition) is 3. The highest BCUT2D eigenvalue weighted by atomic mass is 16.8. The van der Waals surface area contributed by atoms with Gasteiger partial charge in [0.2, 0.25) is 17.6 Å². The summed E-state index contributed by atoms with van der Waals surface area (Å²) < 4.78 is 25.4. The molecule has 1 aliphatic carbocycles. The summed E-state index contributed by atoms with van der Waals surface area (Å²) >= 11 is 0. The lowest BCUT2D eigenvalue weighted by Gasteiger charge is -2.33. The van der Waals surface area contributed by atoms with Gasteiger partial charge in [-0.2, -0.15) is 0 Å². The molecule has 2 amide bonds. The monoisotopic (exact) mass is 842 g/mol. The van der Waals surface area contributed by atoms with Crippen molar-refractivity contribution in [1.29, 1.82) is 0 Å². The molecule has 0 saturated carbocycles. The van der Waals surface area contributed by atoms with Crippen molar-refractivity contribution in [3.05, 3.63) is 155 Å². The van der Waals surface area contributed by atoms with E-state index in [4.69, 9.17) is 18.9 Å². The number of esters is 2. The Balaban J connectivity index is 1.11. The van der Waals surface area contributed by atoms with Crippen LogP contribution in [0.25, 0.3) is 6.08 Å². The number of rotatable bonds is 14. The molecule has 12 heteroatoms. The number of aromatic hydroxyl groups is 1. The molecule has 4 aromatic carbocycles. The van der Waals surface area contributed by atoms with Crippen molar-refractivity contribution < 1.29 is 48.3 Å². The molecule has 0 unspecified atom stereocenters. The molecular weight excluding hydrogens is 789 g/mol. The second kappa shape index (κ2) is 19.3. The Morgan fingerprint density at radius 3 is 2.21 bits per heavy atom. The first-order valence-corrected chi connectivity index (χ1v) is 21.2. The van der Waals surface area contributed by atoms with Crippen molar-refractivity contribution in [3.8, 4) is 5.75 Å². The van der Waals surface area contributed by atoms with Gasteiger partial charge >= 0.3 is 11.9 Å². The van der Waals surface area contributed by atoms with Crippen LogP contribution in [-0.2, 0) is 45.5 Å². The highest BCUT2D eigenvalue weighted by Crippen LogP contribution is 2.47. The van der Waals surface area contributed by atoms with E-state index in [0.717, 1.165) is 22.3 Å². The maximum absolute atomic E-state index is 14.6. The van der Waals surface area contributed by atoms with E-state index >= 15 is 0 Å². The Morgan fingerprint density at radius 2 is 1.56 bits per heavy atom. The van der Waals surface area contributed by atoms with Crippen molar-refractivity contribution in [1.82, 2.24) is 10.2 Å². The van der Waals surface area contributed by atoms with E-state index in [9.17, 15) is 29.4 Å². The Labute approximate surface area is 362 Å². The zero-order chi connectivity index (χ0) is 43.9. The number of benzene rings is 4. The number of fused-ring (bicyclic) bond motifs is 1. The molecule has 2 fully saturated rings. The van der Waals surface area contributed by atoms with E-state index < -0.39 is 72.1 Å². The van der Waals surface area contributed by atoms with Crippen LogP contribution in [0.2, 0.25) is 0 Å². The van der Waals surface area contributed by atoms with Gasteiger partial charge in [-0.1, -0.05) is 103 Å². The Kier molecular flexibility index (Phi) is 13.7. The standard InChI is InChI=1S/C50H54N2O10/c1-49(2,3)61-44(55)28-27-39(32-53)51-46(56)40-21-13-29-52(40)47(57)36-30-42(59-48(58)35-25-23-33(24-26-35)14-12-16-34-15-10-11-22-41(34)54)45-43(31-36)60-50(62-45,37-17-6-4-7-18-37)38-19-8-5-9-20-38/h4-12,14-15,17-20,22-26,31,39-40,42-43,45,53-54H,13,16,21,27-30,32H2,1-3H3,(H,51,56)/t39-,40+,42+,43+,45-/m0/s1. The minimum atomic E-state index is -1.39. The maximum atomic E-state index is 14.6. The largest absolute Gasteiger partial charge is 0.508 e. The summed E-state index contributed by atoms with van der Waals surface area (Å²) in [7, 11) is 0. The van der Waals surface area contributed by atoms with Crippen LogP contribution in [0, 0.1) is 0 Å². The number of amides is 2. The quantitative estimate of drug-likeness (QED) is 0.116. The number of aliphatic hydroxyl groups is 1. The van der Waals surface area contributed by atoms with Crippen LogP contribution >= 0.6 is 0 Å². The fourth-order valence-electron chi connectivity index (χ4n) is 8.18. The second-order valence-electron chi connectivity index (χ2n) is 16.9. The molecule has 5 atom stereocenters. The fourth-order valence-corrected chi connectivity index (χ4v) is 8.18. The number of para-hydroxylation sites is 1. The summed E-state index contributed by atoms with van der Waals surface area (Å²) in [5, 5.41) is 23.0. The summed E-state index contributed by atoms with van der Waals surface area (Å²) in [4.78, 5) is 56.1. The van der Waals surface area contributed by atoms with E-state index in [1.165, 1.54) is 4.90 Å². The first-order chi connectivity index (χ1) is 29.8. The Hall–Kier alpha value is -6.08. The number of aliphatic hydroxyl groups excluding tert-OH is 1. The number of likely N-dealkylation sites (tertiary alicyclic amines) is 1. The van der Waals surface area contributed by atoms with Gasteiger partial charge in [0.25, 0.3) is 0 Å². The molecule has 0 aromatic heterocycles. The van der Waals surface area contributed by atoms with Crippen LogP contribution in [0.1, 0.15) is 85.5 Å². The lowest BCUT2D eigenvalue weighted by atomic mass is 9.91. The second-order valence-corrected chi connectivity index (χ2v) is 16.9. The van der Waals surface area contributed by atoms with Crippen LogP contribution in [0.5, 0.6) is 5.75 Å². The lowest BCUT2D eigenvalue weighted by Crippen LogP contribution is -2.51. The van der Waals surface area contributed by atoms with Gasteiger partial charge in [0.15, 0.2) is 0 Å². The van der Waals surface area contributed by atoms with E-state index in [0.29, 0.717) is 36.9 Å². The molecule has 324 valence electrons. The fraction of sp³-hybridized carbons (Fsp3) is 0.360. The molecule has 0 bridgehead atoms. The Bertz CT molecular complexity index is 2230. The van der Waals surface area contributed by atoms with Gasteiger partial charge in [-0.15, -0.1) is 0 Å². The van der Waals surface area contributed by atoms with Gasteiger partial charge in [-0.05, 0) is 81.9 Å². The van der Waals surface area contributed by atoms with Crippen LogP contribution in [-0.4, -0.2) is 88.0 Å². The van der Waals surface area contributed by atoms with Gasteiger partial charge in [0.05, 0.1) is 18.2 Å². The molecule has 0 spiro atoms. The third kappa shape index (κ3) is 10.3. The van der Waals surface area contributed by atoms with E-state index in [-0.39, 0.29) is 25.0 Å². The van der Waals surface area contributed by atoms with E-state index in [1.54, 1.807) is 63.2 Å². The number of carbonyl (C=O) groups is 4. The molecule has 3 aliphatic rings. The van der Waals surface area contributed by atoms with Crippen molar-refractivity contribution in [3.63, 3.8) is 0 Å². The molecule has 12 nitrogen and oxygen atoms in total. The molecule has 2 saturated heterocycles. The number of nitrogens with one attached hydrogen (secondary N) is 1. The van der Waals surface area contributed by atoms with E-state index in [2.05, 4.69) is 5.32 Å². The summed E-state index contributed by atoms with van der Waals surface area (Å²) in [6.07, 6.45) is 4.68. The summed E-state index contributed by atoms with van der Waals surface area (Å²) in [5.74, 6) is -3.03. The van der Waals surface area contributed by atoms with Crippen molar-refractivity contribution in [2.45, 2.75) is 101 Å². The van der Waals surface area contributed by atoms with Crippen molar-refractivity contribution >= 4 is 29.8 Å². The first kappa shape index (κ1) is 44.0. The van der Waals surface area contributed by atoms with Crippen molar-refractivity contribution in [2.24, 2.45) is 0 Å². The average Bonchev–Trinajstić information content (AvgIpc) is 3.93. The molecular formula is C50H54N2O10. The molecule has 2 aliphatic heterocycles. The van der Waals surface area contributed by atoms with Gasteiger partial charge < -0.3 is 39.4 Å². The number of hydrogen-bond acceptors (Lipinski definition) is 10. The minimum Gasteiger partial charge on any atom is -0.508 e. The van der Waals surface area contributed by atoms with Gasteiger partial charge in [-0.3, -0.25) is 14.4 Å². The predicted octanol–water partition coefficient (Wildman–Crippen LogP) is 6.78. The SMILES string of the molecule is CC(C)(C)OC(=O)CC[C@@H](CO)NC(=O)[C@H]1CCCN1C(=O)C1=C[C@H]2OC(c3ccccc3)(c3ccccc3)O[C@H]2[C@H](OC(=O)c2ccc(C=CCc3ccccc3O)cc2)C1.